The molecule has 0 bridgehead atoms. The molecule has 0 amide bonds. The van der Waals surface area contributed by atoms with Gasteiger partial charge in [0.15, 0.2) is 5.96 Å². The lowest BCUT2D eigenvalue weighted by atomic mass is 10.1. The SMILES string of the molecule is CCNC(=NCc1cc(C)cc(OC)c1)NC1CCN(S(=O)(=O)C(F)(F)F)CC1.I. The van der Waals surface area contributed by atoms with Crippen LogP contribution in [0.5, 0.6) is 5.75 Å². The molecule has 0 aliphatic carbocycles. The molecule has 1 saturated heterocycles. The summed E-state index contributed by atoms with van der Waals surface area (Å²) in [6.45, 7) is 4.51. The summed E-state index contributed by atoms with van der Waals surface area (Å²) in [5.41, 5.74) is -3.26. The van der Waals surface area contributed by atoms with Crippen molar-refractivity contribution >= 4 is 40.0 Å². The molecule has 1 heterocycles. The van der Waals surface area contributed by atoms with Gasteiger partial charge in [-0.1, -0.05) is 6.07 Å². The number of alkyl halides is 3. The Hall–Kier alpha value is -1.28. The minimum absolute atomic E-state index is 0. The number of nitrogens with one attached hydrogen (secondary N) is 2. The molecule has 0 radical (unpaired) electrons. The molecule has 0 unspecified atom stereocenters. The number of rotatable bonds is 6. The average Bonchev–Trinajstić information content (AvgIpc) is 2.65. The zero-order valence-corrected chi connectivity index (χ0v) is 20.3. The van der Waals surface area contributed by atoms with E-state index in [2.05, 4.69) is 15.6 Å². The molecule has 0 atom stereocenters. The van der Waals surface area contributed by atoms with Crippen LogP contribution in [0.3, 0.4) is 0 Å². The zero-order valence-electron chi connectivity index (χ0n) is 17.1. The second-order valence-corrected chi connectivity index (χ2v) is 8.75. The molecule has 1 aliphatic heterocycles. The van der Waals surface area contributed by atoms with Gasteiger partial charge in [0, 0.05) is 25.7 Å². The lowest BCUT2D eigenvalue weighted by molar-refractivity contribution is -0.0494. The van der Waals surface area contributed by atoms with Crippen LogP contribution in [0.25, 0.3) is 0 Å². The Labute approximate surface area is 192 Å². The summed E-state index contributed by atoms with van der Waals surface area (Å²) in [6.07, 6.45) is 0.524. The number of hydrogen-bond donors (Lipinski definition) is 2. The van der Waals surface area contributed by atoms with Gasteiger partial charge in [-0.3, -0.25) is 0 Å². The van der Waals surface area contributed by atoms with Crippen LogP contribution in [0.1, 0.15) is 30.9 Å². The van der Waals surface area contributed by atoms with Gasteiger partial charge in [0.1, 0.15) is 5.75 Å². The van der Waals surface area contributed by atoms with E-state index in [0.29, 0.717) is 23.4 Å². The van der Waals surface area contributed by atoms with Gasteiger partial charge in [-0.05, 0) is 49.9 Å². The van der Waals surface area contributed by atoms with Crippen LogP contribution in [0.2, 0.25) is 0 Å². The Morgan fingerprint density at radius 3 is 2.43 bits per heavy atom. The molecule has 1 aliphatic rings. The second-order valence-electron chi connectivity index (χ2n) is 6.82. The minimum Gasteiger partial charge on any atom is -0.497 e. The first-order valence-corrected chi connectivity index (χ1v) is 10.8. The first-order valence-electron chi connectivity index (χ1n) is 9.32. The number of ether oxygens (including phenoxy) is 1. The fourth-order valence-electron chi connectivity index (χ4n) is 3.10. The third-order valence-corrected chi connectivity index (χ3v) is 6.17. The topological polar surface area (TPSA) is 83.0 Å². The number of guanidine groups is 1. The highest BCUT2D eigenvalue weighted by molar-refractivity contribution is 14.0. The van der Waals surface area contributed by atoms with E-state index >= 15 is 0 Å². The highest BCUT2D eigenvalue weighted by Gasteiger charge is 2.50. The number of aliphatic imine (C=N–C) groups is 1. The van der Waals surface area contributed by atoms with Gasteiger partial charge in [0.05, 0.1) is 13.7 Å². The van der Waals surface area contributed by atoms with Crippen molar-refractivity contribution in [2.24, 2.45) is 4.99 Å². The summed E-state index contributed by atoms with van der Waals surface area (Å²) in [5.74, 6) is 1.27. The smallest absolute Gasteiger partial charge is 0.497 e. The fraction of sp³-hybridized carbons (Fsp3) is 0.611. The zero-order chi connectivity index (χ0) is 21.7. The van der Waals surface area contributed by atoms with Crippen molar-refractivity contribution in [1.82, 2.24) is 14.9 Å². The van der Waals surface area contributed by atoms with Crippen molar-refractivity contribution in [3.63, 3.8) is 0 Å². The summed E-state index contributed by atoms with van der Waals surface area (Å²) < 4.78 is 66.8. The fourth-order valence-corrected chi connectivity index (χ4v) is 4.09. The molecule has 0 spiro atoms. The van der Waals surface area contributed by atoms with Gasteiger partial charge in [-0.15, -0.1) is 24.0 Å². The maximum atomic E-state index is 12.7. The molecular weight excluding hydrogens is 536 g/mol. The third kappa shape index (κ3) is 7.15. The molecule has 1 fully saturated rings. The molecule has 1 aromatic carbocycles. The van der Waals surface area contributed by atoms with Gasteiger partial charge >= 0.3 is 15.5 Å². The highest BCUT2D eigenvalue weighted by Crippen LogP contribution is 2.29. The number of nitrogens with zero attached hydrogens (tertiary/aromatic N) is 2. The molecule has 172 valence electrons. The van der Waals surface area contributed by atoms with Crippen LogP contribution in [-0.4, -0.2) is 57.0 Å². The number of aryl methyl sites for hydroxylation is 1. The average molecular weight is 564 g/mol. The van der Waals surface area contributed by atoms with E-state index in [4.69, 9.17) is 4.74 Å². The number of hydrogen-bond acceptors (Lipinski definition) is 4. The summed E-state index contributed by atoms with van der Waals surface area (Å²) >= 11 is 0. The standard InChI is InChI=1S/C18H27F3N4O3S.HI/c1-4-22-17(23-12-14-9-13(2)10-16(11-14)28-3)24-15-5-7-25(8-6-15)29(26,27)18(19,20)21;/h9-11,15H,4-8,12H2,1-3H3,(H2,22,23,24);1H. The van der Waals surface area contributed by atoms with E-state index in [-0.39, 0.29) is 55.9 Å². The summed E-state index contributed by atoms with van der Waals surface area (Å²) in [4.78, 5) is 4.53. The van der Waals surface area contributed by atoms with Crippen molar-refractivity contribution in [1.29, 1.82) is 0 Å². The molecule has 1 aromatic rings. The van der Waals surface area contributed by atoms with Gasteiger partial charge in [-0.2, -0.15) is 17.5 Å². The van der Waals surface area contributed by atoms with Crippen LogP contribution in [-0.2, 0) is 16.6 Å². The number of benzene rings is 1. The Bertz CT molecular complexity index is 826. The molecule has 12 heteroatoms. The molecule has 0 aromatic heterocycles. The van der Waals surface area contributed by atoms with Crippen molar-refractivity contribution in [2.45, 2.75) is 44.8 Å². The third-order valence-electron chi connectivity index (χ3n) is 4.54. The summed E-state index contributed by atoms with van der Waals surface area (Å²) in [7, 11) is -3.67. The van der Waals surface area contributed by atoms with Crippen LogP contribution in [0, 0.1) is 6.92 Å². The van der Waals surface area contributed by atoms with Gasteiger partial charge in [-0.25, -0.2) is 13.4 Å². The molecule has 30 heavy (non-hydrogen) atoms. The Morgan fingerprint density at radius 1 is 1.27 bits per heavy atom. The summed E-state index contributed by atoms with van der Waals surface area (Å²) in [5, 5.41) is 6.29. The van der Waals surface area contributed by atoms with Crippen molar-refractivity contribution in [2.75, 3.05) is 26.7 Å². The Kier molecular flexibility index (Phi) is 10.1. The van der Waals surface area contributed by atoms with E-state index in [1.165, 1.54) is 0 Å². The van der Waals surface area contributed by atoms with E-state index < -0.39 is 15.5 Å². The molecule has 7 nitrogen and oxygen atoms in total. The van der Waals surface area contributed by atoms with Crippen molar-refractivity contribution < 1.29 is 26.3 Å². The highest BCUT2D eigenvalue weighted by atomic mass is 127. The maximum Gasteiger partial charge on any atom is 0.511 e. The van der Waals surface area contributed by atoms with Gasteiger partial charge in [0.2, 0.25) is 0 Å². The number of piperidine rings is 1. The predicted molar refractivity (Wildman–Crippen MR) is 121 cm³/mol. The molecule has 0 saturated carbocycles. The second kappa shape index (κ2) is 11.4. The van der Waals surface area contributed by atoms with E-state index in [1.807, 2.05) is 32.0 Å². The van der Waals surface area contributed by atoms with Crippen LogP contribution in [0.4, 0.5) is 13.2 Å². The van der Waals surface area contributed by atoms with E-state index in [1.54, 1.807) is 7.11 Å². The first-order chi connectivity index (χ1) is 13.6. The van der Waals surface area contributed by atoms with Crippen molar-refractivity contribution in [3.05, 3.63) is 29.3 Å². The molecule has 2 N–H and O–H groups in total. The van der Waals surface area contributed by atoms with Crippen molar-refractivity contribution in [3.8, 4) is 5.75 Å². The van der Waals surface area contributed by atoms with E-state index in [0.717, 1.165) is 16.9 Å². The Morgan fingerprint density at radius 2 is 1.90 bits per heavy atom. The largest absolute Gasteiger partial charge is 0.511 e. The monoisotopic (exact) mass is 564 g/mol. The number of sulfonamides is 1. The number of methoxy groups -OCH3 is 1. The normalized spacial score (nSPS) is 16.7. The first kappa shape index (κ1) is 26.8. The lowest BCUT2D eigenvalue weighted by Crippen LogP contribution is -2.51. The van der Waals surface area contributed by atoms with Crippen LogP contribution < -0.4 is 15.4 Å². The maximum absolute atomic E-state index is 12.7. The minimum atomic E-state index is -5.27. The Balaban J connectivity index is 0.00000450. The van der Waals surface area contributed by atoms with Gasteiger partial charge < -0.3 is 15.4 Å². The molecular formula is C18H28F3IN4O3S. The van der Waals surface area contributed by atoms with Crippen LogP contribution >= 0.6 is 24.0 Å². The van der Waals surface area contributed by atoms with Gasteiger partial charge in [0.25, 0.3) is 0 Å². The summed E-state index contributed by atoms with van der Waals surface area (Å²) in [6, 6.07) is 5.63. The molecule has 2 rings (SSSR count). The predicted octanol–water partition coefficient (Wildman–Crippen LogP) is 2.99. The van der Waals surface area contributed by atoms with Crippen LogP contribution in [0.15, 0.2) is 23.2 Å². The lowest BCUT2D eigenvalue weighted by Gasteiger charge is -2.32. The van der Waals surface area contributed by atoms with E-state index in [9.17, 15) is 21.6 Å². The quantitative estimate of drug-likeness (QED) is 0.316. The number of halogens is 4.